The Balaban J connectivity index is 0.000000861. The number of rotatable bonds is 2. The Morgan fingerprint density at radius 1 is 1.32 bits per heavy atom. The molecule has 1 aliphatic heterocycles. The van der Waals surface area contributed by atoms with Crippen LogP contribution in [0.4, 0.5) is 10.5 Å². The van der Waals surface area contributed by atoms with Crippen LogP contribution < -0.4 is 10.2 Å². The number of anilines is 1. The SMILES string of the molecule is CC.O=C1CCN(c2cccc(C(=O)O)c2)C(=O)N1. The van der Waals surface area contributed by atoms with Crippen molar-refractivity contribution >= 4 is 23.6 Å². The van der Waals surface area contributed by atoms with Gasteiger partial charge in [0, 0.05) is 18.7 Å². The molecular formula is C13H16N2O4. The molecule has 0 atom stereocenters. The number of nitrogens with zero attached hydrogens (tertiary/aromatic N) is 1. The molecule has 6 heteroatoms. The van der Waals surface area contributed by atoms with Gasteiger partial charge in [-0.1, -0.05) is 19.9 Å². The minimum atomic E-state index is -1.06. The van der Waals surface area contributed by atoms with Gasteiger partial charge in [-0.05, 0) is 18.2 Å². The molecule has 1 aromatic carbocycles. The summed E-state index contributed by atoms with van der Waals surface area (Å²) in [5.41, 5.74) is 0.571. The Morgan fingerprint density at radius 3 is 2.58 bits per heavy atom. The predicted molar refractivity (Wildman–Crippen MR) is 70.3 cm³/mol. The molecule has 0 saturated carbocycles. The zero-order valence-corrected chi connectivity index (χ0v) is 10.8. The highest BCUT2D eigenvalue weighted by atomic mass is 16.4. The van der Waals surface area contributed by atoms with Crippen LogP contribution in [0.5, 0.6) is 0 Å². The second-order valence-corrected chi connectivity index (χ2v) is 3.61. The summed E-state index contributed by atoms with van der Waals surface area (Å²) in [5.74, 6) is -1.37. The molecule has 19 heavy (non-hydrogen) atoms. The van der Waals surface area contributed by atoms with Crippen LogP contribution in [-0.4, -0.2) is 29.6 Å². The number of amides is 3. The van der Waals surface area contributed by atoms with Gasteiger partial charge in [0.15, 0.2) is 0 Å². The third kappa shape index (κ3) is 3.54. The van der Waals surface area contributed by atoms with Crippen molar-refractivity contribution in [2.24, 2.45) is 0 Å². The topological polar surface area (TPSA) is 86.7 Å². The van der Waals surface area contributed by atoms with Gasteiger partial charge < -0.3 is 5.11 Å². The van der Waals surface area contributed by atoms with Crippen molar-refractivity contribution in [3.8, 4) is 0 Å². The number of imide groups is 1. The predicted octanol–water partition coefficient (Wildman–Crippen LogP) is 1.86. The summed E-state index contributed by atoms with van der Waals surface area (Å²) in [4.78, 5) is 34.6. The van der Waals surface area contributed by atoms with E-state index in [1.807, 2.05) is 13.8 Å². The van der Waals surface area contributed by atoms with Crippen LogP contribution in [0.2, 0.25) is 0 Å². The van der Waals surface area contributed by atoms with Crippen molar-refractivity contribution < 1.29 is 19.5 Å². The van der Waals surface area contributed by atoms with E-state index >= 15 is 0 Å². The highest BCUT2D eigenvalue weighted by molar-refractivity contribution is 6.06. The van der Waals surface area contributed by atoms with Gasteiger partial charge in [-0.2, -0.15) is 0 Å². The van der Waals surface area contributed by atoms with E-state index in [4.69, 9.17) is 5.11 Å². The van der Waals surface area contributed by atoms with Crippen molar-refractivity contribution in [3.63, 3.8) is 0 Å². The fourth-order valence-electron chi connectivity index (χ4n) is 1.62. The highest BCUT2D eigenvalue weighted by Crippen LogP contribution is 2.18. The van der Waals surface area contributed by atoms with Gasteiger partial charge in [0.1, 0.15) is 0 Å². The van der Waals surface area contributed by atoms with Crippen molar-refractivity contribution in [2.75, 3.05) is 11.4 Å². The van der Waals surface area contributed by atoms with Gasteiger partial charge in [-0.15, -0.1) is 0 Å². The molecule has 1 saturated heterocycles. The first kappa shape index (κ1) is 14.7. The van der Waals surface area contributed by atoms with Crippen LogP contribution in [0.3, 0.4) is 0 Å². The zero-order chi connectivity index (χ0) is 14.4. The Morgan fingerprint density at radius 2 is 2.00 bits per heavy atom. The van der Waals surface area contributed by atoms with Gasteiger partial charge in [0.05, 0.1) is 5.56 Å². The molecule has 0 aliphatic carbocycles. The second kappa shape index (κ2) is 6.53. The number of carboxylic acids is 1. The normalized spacial score (nSPS) is 14.3. The van der Waals surface area contributed by atoms with E-state index < -0.39 is 12.0 Å². The summed E-state index contributed by atoms with van der Waals surface area (Å²) < 4.78 is 0. The molecule has 1 fully saturated rings. The smallest absolute Gasteiger partial charge is 0.335 e. The molecule has 1 aromatic rings. The van der Waals surface area contributed by atoms with Gasteiger partial charge >= 0.3 is 12.0 Å². The number of urea groups is 1. The van der Waals surface area contributed by atoms with Crippen LogP contribution in [0.1, 0.15) is 30.6 Å². The third-order valence-corrected chi connectivity index (χ3v) is 2.46. The van der Waals surface area contributed by atoms with Crippen molar-refractivity contribution in [1.29, 1.82) is 0 Å². The monoisotopic (exact) mass is 264 g/mol. The first-order valence-corrected chi connectivity index (χ1v) is 6.02. The summed E-state index contributed by atoms with van der Waals surface area (Å²) in [7, 11) is 0. The minimum absolute atomic E-state index is 0.104. The molecular weight excluding hydrogens is 248 g/mol. The average Bonchev–Trinajstić information content (AvgIpc) is 2.41. The first-order chi connectivity index (χ1) is 9.08. The maximum atomic E-state index is 11.5. The van der Waals surface area contributed by atoms with E-state index in [0.717, 1.165) is 0 Å². The largest absolute Gasteiger partial charge is 0.478 e. The molecule has 2 N–H and O–H groups in total. The van der Waals surface area contributed by atoms with E-state index in [2.05, 4.69) is 5.32 Å². The molecule has 1 heterocycles. The fraction of sp³-hybridized carbons (Fsp3) is 0.308. The molecule has 2 rings (SSSR count). The van der Waals surface area contributed by atoms with Crippen molar-refractivity contribution in [1.82, 2.24) is 5.32 Å². The van der Waals surface area contributed by atoms with E-state index in [0.29, 0.717) is 5.69 Å². The number of nitrogens with one attached hydrogen (secondary N) is 1. The molecule has 6 nitrogen and oxygen atoms in total. The quantitative estimate of drug-likeness (QED) is 0.853. The number of hydrogen-bond acceptors (Lipinski definition) is 3. The molecule has 102 valence electrons. The zero-order valence-electron chi connectivity index (χ0n) is 10.8. The molecule has 0 bridgehead atoms. The van der Waals surface area contributed by atoms with E-state index in [-0.39, 0.29) is 24.4 Å². The lowest BCUT2D eigenvalue weighted by Crippen LogP contribution is -2.49. The van der Waals surface area contributed by atoms with Crippen molar-refractivity contribution in [2.45, 2.75) is 20.3 Å². The Labute approximate surface area is 111 Å². The summed E-state index contributed by atoms with van der Waals surface area (Å²) in [6, 6.07) is 5.50. The lowest BCUT2D eigenvalue weighted by Gasteiger charge is -2.26. The third-order valence-electron chi connectivity index (χ3n) is 2.46. The standard InChI is InChI=1S/C11H10N2O4.C2H6/c14-9-4-5-13(11(17)12-9)8-3-1-2-7(6-8)10(15)16;1-2/h1-3,6H,4-5H2,(H,15,16)(H,12,14,17);1-2H3. The minimum Gasteiger partial charge on any atom is -0.478 e. The van der Waals surface area contributed by atoms with Crippen LogP contribution in [-0.2, 0) is 4.79 Å². The maximum absolute atomic E-state index is 11.5. The number of benzene rings is 1. The van der Waals surface area contributed by atoms with Crippen molar-refractivity contribution in [3.05, 3.63) is 29.8 Å². The van der Waals surface area contributed by atoms with Gasteiger partial charge in [-0.25, -0.2) is 9.59 Å². The van der Waals surface area contributed by atoms with Gasteiger partial charge in [-0.3, -0.25) is 15.0 Å². The number of carboxylic acid groups (broad SMARTS) is 1. The van der Waals surface area contributed by atoms with Gasteiger partial charge in [0.2, 0.25) is 5.91 Å². The van der Waals surface area contributed by atoms with Gasteiger partial charge in [0.25, 0.3) is 0 Å². The number of aromatic carboxylic acids is 1. The molecule has 1 aliphatic rings. The summed E-state index contributed by atoms with van der Waals surface area (Å²) >= 11 is 0. The second-order valence-electron chi connectivity index (χ2n) is 3.61. The van der Waals surface area contributed by atoms with Crippen LogP contribution in [0.25, 0.3) is 0 Å². The summed E-state index contributed by atoms with van der Waals surface area (Å²) in [6.07, 6.45) is 0.211. The summed E-state index contributed by atoms with van der Waals surface area (Å²) in [5, 5.41) is 11.0. The molecule has 0 radical (unpaired) electrons. The van der Waals surface area contributed by atoms with Crippen LogP contribution >= 0.6 is 0 Å². The van der Waals surface area contributed by atoms with E-state index in [1.54, 1.807) is 12.1 Å². The van der Waals surface area contributed by atoms with Crippen LogP contribution in [0.15, 0.2) is 24.3 Å². The van der Waals surface area contributed by atoms with Crippen LogP contribution in [0, 0.1) is 0 Å². The summed E-state index contributed by atoms with van der Waals surface area (Å²) in [6.45, 7) is 4.26. The fourth-order valence-corrected chi connectivity index (χ4v) is 1.62. The molecule has 0 aromatic heterocycles. The van der Waals surface area contributed by atoms with E-state index in [1.165, 1.54) is 17.0 Å². The number of hydrogen-bond donors (Lipinski definition) is 2. The Kier molecular flexibility index (Phi) is 5.05. The van der Waals surface area contributed by atoms with E-state index in [9.17, 15) is 14.4 Å². The molecule has 0 spiro atoms. The number of carbonyl (C=O) groups is 3. The average molecular weight is 264 g/mol. The highest BCUT2D eigenvalue weighted by Gasteiger charge is 2.24. The maximum Gasteiger partial charge on any atom is 0.335 e. The Hall–Kier alpha value is -2.37. The molecule has 3 amide bonds. The number of carbonyl (C=O) groups excluding carboxylic acids is 2. The lowest BCUT2D eigenvalue weighted by atomic mass is 10.1. The Bertz CT molecular complexity index is 499. The first-order valence-electron chi connectivity index (χ1n) is 6.02. The molecule has 0 unspecified atom stereocenters. The lowest BCUT2D eigenvalue weighted by molar-refractivity contribution is -0.120.